The van der Waals surface area contributed by atoms with Crippen LogP contribution in [0.4, 0.5) is 0 Å². The summed E-state index contributed by atoms with van der Waals surface area (Å²) in [5, 5.41) is 5.79. The van der Waals surface area contributed by atoms with Crippen LogP contribution in [-0.4, -0.2) is 38.3 Å². The third kappa shape index (κ3) is 3.45. The summed E-state index contributed by atoms with van der Waals surface area (Å²) in [6.45, 7) is 2.51. The number of ether oxygens (including phenoxy) is 1. The van der Waals surface area contributed by atoms with E-state index in [1.165, 1.54) is 0 Å². The SMILES string of the molecule is C#CCCNC(=O)C1CNCCO1. The van der Waals surface area contributed by atoms with Crippen LogP contribution in [0.3, 0.4) is 0 Å². The van der Waals surface area contributed by atoms with Gasteiger partial charge in [0.05, 0.1) is 6.61 Å². The molecule has 0 radical (unpaired) electrons. The van der Waals surface area contributed by atoms with E-state index in [4.69, 9.17) is 11.2 Å². The lowest BCUT2D eigenvalue weighted by Gasteiger charge is -2.22. The minimum absolute atomic E-state index is 0.0811. The molecule has 13 heavy (non-hydrogen) atoms. The molecular weight excluding hydrogens is 168 g/mol. The van der Waals surface area contributed by atoms with Gasteiger partial charge in [-0.15, -0.1) is 12.3 Å². The van der Waals surface area contributed by atoms with E-state index in [-0.39, 0.29) is 12.0 Å². The Hall–Kier alpha value is -1.05. The summed E-state index contributed by atoms with van der Waals surface area (Å²) < 4.78 is 5.24. The minimum atomic E-state index is -0.355. The van der Waals surface area contributed by atoms with Gasteiger partial charge < -0.3 is 15.4 Å². The average molecular weight is 182 g/mol. The second kappa shape index (κ2) is 5.57. The monoisotopic (exact) mass is 182 g/mol. The highest BCUT2D eigenvalue weighted by molar-refractivity contribution is 5.81. The molecule has 1 amide bonds. The summed E-state index contributed by atoms with van der Waals surface area (Å²) >= 11 is 0. The van der Waals surface area contributed by atoms with E-state index in [1.807, 2.05) is 0 Å². The van der Waals surface area contributed by atoms with Crippen molar-refractivity contribution in [1.29, 1.82) is 0 Å². The molecule has 72 valence electrons. The van der Waals surface area contributed by atoms with Crippen LogP contribution in [0.25, 0.3) is 0 Å². The molecule has 1 saturated heterocycles. The third-order valence-corrected chi connectivity index (χ3v) is 1.79. The lowest BCUT2D eigenvalue weighted by molar-refractivity contribution is -0.134. The maximum atomic E-state index is 11.3. The predicted octanol–water partition coefficient (Wildman–Crippen LogP) is -0.886. The Morgan fingerprint density at radius 3 is 3.23 bits per heavy atom. The first-order chi connectivity index (χ1) is 6.34. The Labute approximate surface area is 78.0 Å². The van der Waals surface area contributed by atoms with Crippen molar-refractivity contribution in [2.75, 3.05) is 26.2 Å². The van der Waals surface area contributed by atoms with Crippen LogP contribution in [0.15, 0.2) is 0 Å². The molecule has 2 N–H and O–H groups in total. The van der Waals surface area contributed by atoms with Crippen molar-refractivity contribution in [3.63, 3.8) is 0 Å². The summed E-state index contributed by atoms with van der Waals surface area (Å²) in [5.74, 6) is 2.37. The van der Waals surface area contributed by atoms with Crippen molar-refractivity contribution in [3.8, 4) is 12.3 Å². The number of terminal acetylenes is 1. The fraction of sp³-hybridized carbons (Fsp3) is 0.667. The Bertz CT molecular complexity index is 204. The summed E-state index contributed by atoms with van der Waals surface area (Å²) in [7, 11) is 0. The molecule has 4 nitrogen and oxygen atoms in total. The number of carbonyl (C=O) groups is 1. The molecule has 1 atom stereocenters. The molecule has 1 aliphatic heterocycles. The number of carbonyl (C=O) groups excluding carboxylic acids is 1. The van der Waals surface area contributed by atoms with Crippen LogP contribution in [0.2, 0.25) is 0 Å². The number of morpholine rings is 1. The first kappa shape index (κ1) is 10.0. The number of nitrogens with one attached hydrogen (secondary N) is 2. The van der Waals surface area contributed by atoms with Crippen molar-refractivity contribution in [2.45, 2.75) is 12.5 Å². The van der Waals surface area contributed by atoms with Crippen LogP contribution in [-0.2, 0) is 9.53 Å². The number of hydrogen-bond acceptors (Lipinski definition) is 3. The molecule has 0 aromatic heterocycles. The molecular formula is C9H14N2O2. The summed E-state index contributed by atoms with van der Waals surface area (Å²) in [5.41, 5.74) is 0. The average Bonchev–Trinajstić information content (AvgIpc) is 2.19. The molecule has 1 heterocycles. The number of rotatable bonds is 3. The molecule has 1 unspecified atom stereocenters. The van der Waals surface area contributed by atoms with Crippen LogP contribution < -0.4 is 10.6 Å². The number of amides is 1. The van der Waals surface area contributed by atoms with Gasteiger partial charge in [-0.3, -0.25) is 4.79 Å². The quantitative estimate of drug-likeness (QED) is 0.440. The highest BCUT2D eigenvalue weighted by Crippen LogP contribution is 1.95. The van der Waals surface area contributed by atoms with Crippen molar-refractivity contribution in [2.24, 2.45) is 0 Å². The van der Waals surface area contributed by atoms with Gasteiger partial charge >= 0.3 is 0 Å². The van der Waals surface area contributed by atoms with Crippen LogP contribution >= 0.6 is 0 Å². The first-order valence-electron chi connectivity index (χ1n) is 4.38. The van der Waals surface area contributed by atoms with Gasteiger partial charge in [-0.25, -0.2) is 0 Å². The van der Waals surface area contributed by atoms with Gasteiger partial charge in [-0.2, -0.15) is 0 Å². The molecule has 0 aromatic rings. The molecule has 0 aromatic carbocycles. The van der Waals surface area contributed by atoms with Gasteiger partial charge in [0, 0.05) is 26.1 Å². The molecule has 1 aliphatic rings. The molecule has 1 rings (SSSR count). The van der Waals surface area contributed by atoms with Crippen molar-refractivity contribution < 1.29 is 9.53 Å². The van der Waals surface area contributed by atoms with E-state index in [2.05, 4.69) is 16.6 Å². The Morgan fingerprint density at radius 1 is 1.77 bits per heavy atom. The molecule has 0 bridgehead atoms. The second-order valence-electron chi connectivity index (χ2n) is 2.81. The number of hydrogen-bond donors (Lipinski definition) is 2. The molecule has 1 fully saturated rings. The largest absolute Gasteiger partial charge is 0.366 e. The fourth-order valence-corrected chi connectivity index (χ4v) is 1.11. The van der Waals surface area contributed by atoms with Crippen LogP contribution in [0.5, 0.6) is 0 Å². The van der Waals surface area contributed by atoms with E-state index in [0.29, 0.717) is 26.1 Å². The maximum absolute atomic E-state index is 11.3. The Morgan fingerprint density at radius 2 is 2.62 bits per heavy atom. The zero-order valence-corrected chi connectivity index (χ0v) is 7.51. The third-order valence-electron chi connectivity index (χ3n) is 1.79. The van der Waals surface area contributed by atoms with E-state index >= 15 is 0 Å². The zero-order chi connectivity index (χ0) is 9.52. The summed E-state index contributed by atoms with van der Waals surface area (Å²) in [4.78, 5) is 11.3. The van der Waals surface area contributed by atoms with Gasteiger partial charge in [0.1, 0.15) is 6.10 Å². The molecule has 0 spiro atoms. The zero-order valence-electron chi connectivity index (χ0n) is 7.51. The van der Waals surface area contributed by atoms with E-state index in [1.54, 1.807) is 0 Å². The Kier molecular flexibility index (Phi) is 4.30. The second-order valence-corrected chi connectivity index (χ2v) is 2.81. The molecule has 4 heteroatoms. The summed E-state index contributed by atoms with van der Waals surface area (Å²) in [6, 6.07) is 0. The van der Waals surface area contributed by atoms with E-state index in [0.717, 1.165) is 6.54 Å². The van der Waals surface area contributed by atoms with Gasteiger partial charge in [-0.05, 0) is 0 Å². The highest BCUT2D eigenvalue weighted by atomic mass is 16.5. The lowest BCUT2D eigenvalue weighted by Crippen LogP contribution is -2.47. The fourth-order valence-electron chi connectivity index (χ4n) is 1.11. The minimum Gasteiger partial charge on any atom is -0.366 e. The van der Waals surface area contributed by atoms with Gasteiger partial charge in [-0.1, -0.05) is 0 Å². The van der Waals surface area contributed by atoms with Gasteiger partial charge in [0.25, 0.3) is 0 Å². The van der Waals surface area contributed by atoms with Crippen molar-refractivity contribution in [3.05, 3.63) is 0 Å². The first-order valence-corrected chi connectivity index (χ1v) is 4.38. The highest BCUT2D eigenvalue weighted by Gasteiger charge is 2.20. The molecule has 0 aliphatic carbocycles. The van der Waals surface area contributed by atoms with Crippen molar-refractivity contribution in [1.82, 2.24) is 10.6 Å². The standard InChI is InChI=1S/C9H14N2O2/c1-2-3-4-11-9(12)8-7-10-5-6-13-8/h1,8,10H,3-7H2,(H,11,12). The smallest absolute Gasteiger partial charge is 0.250 e. The lowest BCUT2D eigenvalue weighted by atomic mass is 10.3. The normalized spacial score (nSPS) is 21.9. The van der Waals surface area contributed by atoms with Gasteiger partial charge in [0.15, 0.2) is 0 Å². The summed E-state index contributed by atoms with van der Waals surface area (Å²) in [6.07, 6.45) is 5.25. The van der Waals surface area contributed by atoms with Crippen LogP contribution in [0.1, 0.15) is 6.42 Å². The van der Waals surface area contributed by atoms with Crippen molar-refractivity contribution >= 4 is 5.91 Å². The van der Waals surface area contributed by atoms with Gasteiger partial charge in [0.2, 0.25) is 5.91 Å². The van der Waals surface area contributed by atoms with E-state index in [9.17, 15) is 4.79 Å². The van der Waals surface area contributed by atoms with E-state index < -0.39 is 0 Å². The topological polar surface area (TPSA) is 50.4 Å². The predicted molar refractivity (Wildman–Crippen MR) is 49.1 cm³/mol. The Balaban J connectivity index is 2.18. The van der Waals surface area contributed by atoms with Crippen LogP contribution in [0, 0.1) is 12.3 Å². The maximum Gasteiger partial charge on any atom is 0.250 e. The molecule has 0 saturated carbocycles.